The topological polar surface area (TPSA) is 12.0 Å². The van der Waals surface area contributed by atoms with Crippen molar-refractivity contribution in [3.05, 3.63) is 30.3 Å². The van der Waals surface area contributed by atoms with Gasteiger partial charge in [-0.05, 0) is 17.9 Å². The number of rotatable bonds is 2. The van der Waals surface area contributed by atoms with Crippen LogP contribution in [0, 0.1) is 0 Å². The summed E-state index contributed by atoms with van der Waals surface area (Å²) in [6.07, 6.45) is 0. The number of benzene rings is 1. The van der Waals surface area contributed by atoms with E-state index in [0.29, 0.717) is 0 Å². The maximum atomic E-state index is 5.09. The second-order valence-corrected chi connectivity index (χ2v) is 4.15. The van der Waals surface area contributed by atoms with E-state index in [0.717, 1.165) is 15.8 Å². The van der Waals surface area contributed by atoms with E-state index in [2.05, 4.69) is 12.2 Å². The lowest BCUT2D eigenvalue weighted by Gasteiger charge is -2.04. The molecule has 0 atom stereocenters. The van der Waals surface area contributed by atoms with Crippen LogP contribution in [0.15, 0.2) is 30.3 Å². The summed E-state index contributed by atoms with van der Waals surface area (Å²) in [5.74, 6) is 1.01. The molecule has 0 heterocycles. The van der Waals surface area contributed by atoms with Gasteiger partial charge in [0.25, 0.3) is 0 Å². The quantitative estimate of drug-likeness (QED) is 0.732. The molecule has 1 rings (SSSR count). The van der Waals surface area contributed by atoms with Crippen LogP contribution in [-0.4, -0.2) is 10.1 Å². The molecule has 3 heteroatoms. The first kappa shape index (κ1) is 9.55. The second-order valence-electron chi connectivity index (χ2n) is 2.21. The smallest absolute Gasteiger partial charge is 0.138 e. The highest BCUT2D eigenvalue weighted by molar-refractivity contribution is 8.23. The van der Waals surface area contributed by atoms with E-state index in [1.165, 1.54) is 0 Å². The Morgan fingerprint density at radius 1 is 1.42 bits per heavy atom. The van der Waals surface area contributed by atoms with Crippen molar-refractivity contribution in [2.45, 2.75) is 6.92 Å². The summed E-state index contributed by atoms with van der Waals surface area (Å²) in [7, 11) is 0. The van der Waals surface area contributed by atoms with Gasteiger partial charge in [0.15, 0.2) is 0 Å². The van der Waals surface area contributed by atoms with Gasteiger partial charge in [-0.15, -0.1) is 0 Å². The molecule has 12 heavy (non-hydrogen) atoms. The van der Waals surface area contributed by atoms with Crippen LogP contribution in [-0.2, 0) is 0 Å². The van der Waals surface area contributed by atoms with Gasteiger partial charge < -0.3 is 5.32 Å². The van der Waals surface area contributed by atoms with Gasteiger partial charge in [0, 0.05) is 5.69 Å². The highest BCUT2D eigenvalue weighted by atomic mass is 32.2. The molecule has 0 amide bonds. The number of hydrogen-bond acceptors (Lipinski definition) is 2. The van der Waals surface area contributed by atoms with Crippen LogP contribution in [0.3, 0.4) is 0 Å². The van der Waals surface area contributed by atoms with E-state index >= 15 is 0 Å². The average Bonchev–Trinajstić information content (AvgIpc) is 2.06. The summed E-state index contributed by atoms with van der Waals surface area (Å²) in [5.41, 5.74) is 1.06. The molecule has 64 valence electrons. The van der Waals surface area contributed by atoms with Crippen molar-refractivity contribution in [1.29, 1.82) is 0 Å². The molecule has 0 aliphatic heterocycles. The first-order chi connectivity index (χ1) is 5.83. The molecule has 0 aliphatic carbocycles. The van der Waals surface area contributed by atoms with Gasteiger partial charge in [-0.2, -0.15) is 0 Å². The number of para-hydroxylation sites is 1. The lowest BCUT2D eigenvalue weighted by molar-refractivity contribution is 1.54. The van der Waals surface area contributed by atoms with Crippen LogP contribution in [0.1, 0.15) is 6.92 Å². The minimum absolute atomic E-state index is 0.837. The maximum absolute atomic E-state index is 5.09. The number of nitrogens with one attached hydrogen (secondary N) is 1. The third-order valence-electron chi connectivity index (χ3n) is 1.30. The molecular weight excluding hydrogens is 186 g/mol. The first-order valence-electron chi connectivity index (χ1n) is 3.81. The highest BCUT2D eigenvalue weighted by Gasteiger charge is 1.94. The third-order valence-corrected chi connectivity index (χ3v) is 2.40. The van der Waals surface area contributed by atoms with Crippen LogP contribution in [0.4, 0.5) is 5.69 Å². The van der Waals surface area contributed by atoms with Crippen molar-refractivity contribution in [1.82, 2.24) is 0 Å². The lowest BCUT2D eigenvalue weighted by Crippen LogP contribution is -2.03. The van der Waals surface area contributed by atoms with E-state index in [1.807, 2.05) is 30.3 Å². The van der Waals surface area contributed by atoms with Crippen molar-refractivity contribution in [2.75, 3.05) is 11.1 Å². The third kappa shape index (κ3) is 3.24. The Labute approximate surface area is 82.6 Å². The molecule has 0 fully saturated rings. The molecule has 1 nitrogen and oxygen atoms in total. The van der Waals surface area contributed by atoms with Crippen molar-refractivity contribution in [2.24, 2.45) is 0 Å². The Morgan fingerprint density at radius 2 is 2.08 bits per heavy atom. The zero-order valence-corrected chi connectivity index (χ0v) is 8.54. The van der Waals surface area contributed by atoms with Gasteiger partial charge in [-0.25, -0.2) is 0 Å². The van der Waals surface area contributed by atoms with E-state index in [4.69, 9.17) is 12.2 Å². The molecule has 0 aliphatic rings. The van der Waals surface area contributed by atoms with Crippen LogP contribution in [0.2, 0.25) is 0 Å². The number of thiocarbonyl (C=S) groups is 1. The standard InChI is InChI=1S/C9H11NS2/c1-2-12-9(11)10-8-6-4-3-5-7-8/h3-7H,2H2,1H3,(H,10,11). The van der Waals surface area contributed by atoms with Crippen LogP contribution in [0.5, 0.6) is 0 Å². The van der Waals surface area contributed by atoms with E-state index in [-0.39, 0.29) is 0 Å². The van der Waals surface area contributed by atoms with E-state index < -0.39 is 0 Å². The molecule has 1 aromatic carbocycles. The Kier molecular flexibility index (Phi) is 4.11. The molecule has 0 saturated carbocycles. The fraction of sp³-hybridized carbons (Fsp3) is 0.222. The molecule has 0 aromatic heterocycles. The Balaban J connectivity index is 2.47. The molecular formula is C9H11NS2. The fourth-order valence-corrected chi connectivity index (χ4v) is 1.73. The molecule has 0 saturated heterocycles. The Hall–Kier alpha value is -0.540. The van der Waals surface area contributed by atoms with Gasteiger partial charge in [-0.1, -0.05) is 49.1 Å². The molecule has 1 aromatic rings. The minimum Gasteiger partial charge on any atom is -0.341 e. The van der Waals surface area contributed by atoms with Crippen LogP contribution >= 0.6 is 24.0 Å². The second kappa shape index (κ2) is 5.17. The van der Waals surface area contributed by atoms with Crippen molar-refractivity contribution in [3.8, 4) is 0 Å². The minimum atomic E-state index is 0.837. The Morgan fingerprint density at radius 3 is 2.67 bits per heavy atom. The zero-order valence-electron chi connectivity index (χ0n) is 6.91. The van der Waals surface area contributed by atoms with Gasteiger partial charge >= 0.3 is 0 Å². The predicted molar refractivity (Wildman–Crippen MR) is 60.8 cm³/mol. The molecule has 1 N–H and O–H groups in total. The van der Waals surface area contributed by atoms with E-state index in [1.54, 1.807) is 11.8 Å². The van der Waals surface area contributed by atoms with Crippen molar-refractivity contribution < 1.29 is 0 Å². The first-order valence-corrected chi connectivity index (χ1v) is 5.21. The molecule has 0 bridgehead atoms. The van der Waals surface area contributed by atoms with Gasteiger partial charge in [0.2, 0.25) is 0 Å². The normalized spacial score (nSPS) is 9.42. The van der Waals surface area contributed by atoms with Crippen molar-refractivity contribution in [3.63, 3.8) is 0 Å². The van der Waals surface area contributed by atoms with Gasteiger partial charge in [0.05, 0.1) is 0 Å². The summed E-state index contributed by atoms with van der Waals surface area (Å²) in [6, 6.07) is 9.97. The molecule has 0 unspecified atom stereocenters. The zero-order chi connectivity index (χ0) is 8.81. The summed E-state index contributed by atoms with van der Waals surface area (Å²) < 4.78 is 0.837. The Bertz CT molecular complexity index is 246. The monoisotopic (exact) mass is 197 g/mol. The van der Waals surface area contributed by atoms with Crippen LogP contribution in [0.25, 0.3) is 0 Å². The van der Waals surface area contributed by atoms with Crippen molar-refractivity contribution >= 4 is 34.0 Å². The molecule has 0 spiro atoms. The predicted octanol–water partition coefficient (Wildman–Crippen LogP) is 3.14. The summed E-state index contributed by atoms with van der Waals surface area (Å²) in [5, 5.41) is 3.14. The number of anilines is 1. The highest BCUT2D eigenvalue weighted by Crippen LogP contribution is 2.10. The van der Waals surface area contributed by atoms with Crippen LogP contribution < -0.4 is 5.32 Å². The maximum Gasteiger partial charge on any atom is 0.138 e. The largest absolute Gasteiger partial charge is 0.341 e. The number of thioether (sulfide) groups is 1. The lowest BCUT2D eigenvalue weighted by atomic mass is 10.3. The van der Waals surface area contributed by atoms with Gasteiger partial charge in [-0.3, -0.25) is 0 Å². The number of hydrogen-bond donors (Lipinski definition) is 1. The SMILES string of the molecule is CCSC(=S)Nc1ccccc1. The average molecular weight is 197 g/mol. The summed E-state index contributed by atoms with van der Waals surface area (Å²) in [6.45, 7) is 2.09. The summed E-state index contributed by atoms with van der Waals surface area (Å²) >= 11 is 6.73. The van der Waals surface area contributed by atoms with E-state index in [9.17, 15) is 0 Å². The molecule has 0 radical (unpaired) electrons. The summed E-state index contributed by atoms with van der Waals surface area (Å²) in [4.78, 5) is 0. The fourth-order valence-electron chi connectivity index (χ4n) is 0.807. The van der Waals surface area contributed by atoms with Gasteiger partial charge in [0.1, 0.15) is 4.32 Å².